The normalized spacial score (nSPS) is 51.0. The van der Waals surface area contributed by atoms with E-state index in [-0.39, 0.29) is 31.3 Å². The van der Waals surface area contributed by atoms with Crippen LogP contribution >= 0.6 is 0 Å². The summed E-state index contributed by atoms with van der Waals surface area (Å²) in [5, 5.41) is 57.4. The molecule has 0 aromatic heterocycles. The van der Waals surface area contributed by atoms with Crippen molar-refractivity contribution < 1.29 is 58.7 Å². The lowest BCUT2D eigenvalue weighted by Gasteiger charge is -2.48. The van der Waals surface area contributed by atoms with Crippen LogP contribution in [0.5, 0.6) is 0 Å². The molecule has 0 aliphatic carbocycles. The molecule has 0 bridgehead atoms. The number of carbonyl (C=O) groups excluding carboxylic acids is 1. The second kappa shape index (κ2) is 17.0. The number of aliphatic hydroxyl groups is 5. The maximum atomic E-state index is 14.1. The molecule has 3 heterocycles. The van der Waals surface area contributed by atoms with E-state index in [4.69, 9.17) is 34.2 Å². The number of methoxy groups -OCH3 is 1. The Balaban J connectivity index is 2.16. The summed E-state index contributed by atoms with van der Waals surface area (Å²) >= 11 is 0. The third-order valence-corrected chi connectivity index (χ3v) is 11.6. The van der Waals surface area contributed by atoms with Crippen LogP contribution in [0, 0.1) is 17.8 Å². The predicted molar refractivity (Wildman–Crippen MR) is 185 cm³/mol. The van der Waals surface area contributed by atoms with Gasteiger partial charge in [0.2, 0.25) is 0 Å². The van der Waals surface area contributed by atoms with E-state index in [1.54, 1.807) is 48.5 Å². The van der Waals surface area contributed by atoms with Crippen LogP contribution in [-0.4, -0.2) is 147 Å². The predicted octanol–water partition coefficient (Wildman–Crippen LogP) is 1.30. The van der Waals surface area contributed by atoms with E-state index in [9.17, 15) is 30.3 Å². The van der Waals surface area contributed by atoms with E-state index < -0.39 is 102 Å². The molecule has 3 saturated heterocycles. The maximum Gasteiger partial charge on any atom is 0.311 e. The summed E-state index contributed by atoms with van der Waals surface area (Å²) in [6.07, 6.45) is -8.74. The minimum Gasteiger partial charge on any atom is -0.459 e. The molecule has 14 nitrogen and oxygen atoms in total. The summed E-state index contributed by atoms with van der Waals surface area (Å²) < 4.78 is 37.0. The maximum absolute atomic E-state index is 14.1. The van der Waals surface area contributed by atoms with Crippen LogP contribution in [0.1, 0.15) is 94.9 Å². The summed E-state index contributed by atoms with van der Waals surface area (Å²) in [7, 11) is 3.32. The number of nitrogens with zero attached hydrogens (tertiary/aromatic N) is 1. The SMILES string of the molecule is CC[C@H]1OC(=O)[C@H](C)[C@@H](O[C@@H]2C[C@](C)(OC)[C@H](O)[C@H](C)O2)[C@H](C)[C@@H](O[C@@H]2O[C@H](C)C[C@H](N)[C@@H]2O)[C@](C)(O)C[C@@H](C)CN(C)[C@H](C)[C@@H](O)[C@]1(C)O. The third kappa shape index (κ3) is 9.55. The smallest absolute Gasteiger partial charge is 0.311 e. The van der Waals surface area contributed by atoms with Gasteiger partial charge in [0.1, 0.15) is 30.0 Å². The highest BCUT2D eigenvalue weighted by molar-refractivity contribution is 5.73. The van der Waals surface area contributed by atoms with Crippen LogP contribution in [0.2, 0.25) is 0 Å². The fraction of sp³-hybridized carbons (Fsp3) is 0.972. The van der Waals surface area contributed by atoms with Gasteiger partial charge in [-0.3, -0.25) is 4.79 Å². The largest absolute Gasteiger partial charge is 0.459 e. The number of rotatable bonds is 6. The van der Waals surface area contributed by atoms with Crippen molar-refractivity contribution in [1.82, 2.24) is 4.90 Å². The van der Waals surface area contributed by atoms with E-state index in [0.29, 0.717) is 13.0 Å². The fourth-order valence-corrected chi connectivity index (χ4v) is 8.28. The first-order valence-electron chi connectivity index (χ1n) is 18.3. The van der Waals surface area contributed by atoms with Gasteiger partial charge in [0.15, 0.2) is 12.6 Å². The van der Waals surface area contributed by atoms with Crippen LogP contribution in [-0.2, 0) is 33.2 Å². The molecule has 18 atom stereocenters. The monoisotopic (exact) mass is 720 g/mol. The quantitative estimate of drug-likeness (QED) is 0.214. The molecule has 0 radical (unpaired) electrons. The summed E-state index contributed by atoms with van der Waals surface area (Å²) in [5.41, 5.74) is 1.86. The van der Waals surface area contributed by atoms with Gasteiger partial charge in [0.05, 0.1) is 41.5 Å². The van der Waals surface area contributed by atoms with Crippen LogP contribution in [0.15, 0.2) is 0 Å². The molecular formula is C36H68N2O12. The van der Waals surface area contributed by atoms with Crippen LogP contribution in [0.3, 0.4) is 0 Å². The highest BCUT2D eigenvalue weighted by Crippen LogP contribution is 2.40. The Bertz CT molecular complexity index is 1100. The average molecular weight is 721 g/mol. The Morgan fingerprint density at radius 2 is 1.58 bits per heavy atom. The van der Waals surface area contributed by atoms with Crippen LogP contribution in [0.4, 0.5) is 0 Å². The second-order valence-corrected chi connectivity index (χ2v) is 16.3. The fourth-order valence-electron chi connectivity index (χ4n) is 8.28. The molecule has 0 aromatic carbocycles. The molecule has 0 saturated carbocycles. The minimum atomic E-state index is -1.80. The number of ether oxygens (including phenoxy) is 6. The molecule has 0 spiro atoms. The number of nitrogens with two attached hydrogens (primary N) is 1. The first-order valence-corrected chi connectivity index (χ1v) is 18.3. The van der Waals surface area contributed by atoms with Crippen molar-refractivity contribution in [2.45, 2.75) is 185 Å². The number of aliphatic hydroxyl groups excluding tert-OH is 3. The van der Waals surface area contributed by atoms with E-state index in [2.05, 4.69) is 0 Å². The molecule has 0 unspecified atom stereocenters. The molecule has 7 N–H and O–H groups in total. The first-order chi connectivity index (χ1) is 23.0. The van der Waals surface area contributed by atoms with E-state index in [1.807, 2.05) is 25.8 Å². The summed E-state index contributed by atoms with van der Waals surface area (Å²) in [6.45, 7) is 17.8. The molecule has 50 heavy (non-hydrogen) atoms. The zero-order chi connectivity index (χ0) is 38.1. The van der Waals surface area contributed by atoms with Crippen molar-refractivity contribution in [3.05, 3.63) is 0 Å². The molecule has 3 fully saturated rings. The molecule has 0 aromatic rings. The number of hydrogen-bond acceptors (Lipinski definition) is 14. The van der Waals surface area contributed by atoms with Gasteiger partial charge in [-0.25, -0.2) is 0 Å². The van der Waals surface area contributed by atoms with Gasteiger partial charge < -0.3 is 64.6 Å². The molecule has 0 amide bonds. The Labute approximate surface area is 298 Å². The average Bonchev–Trinajstić information content (AvgIpc) is 3.03. The van der Waals surface area contributed by atoms with Crippen molar-refractivity contribution in [3.8, 4) is 0 Å². The molecule has 294 valence electrons. The van der Waals surface area contributed by atoms with Crippen LogP contribution in [0.25, 0.3) is 0 Å². The van der Waals surface area contributed by atoms with Gasteiger partial charge in [0, 0.05) is 38.1 Å². The lowest BCUT2D eigenvalue weighted by atomic mass is 9.77. The van der Waals surface area contributed by atoms with Gasteiger partial charge >= 0.3 is 5.97 Å². The van der Waals surface area contributed by atoms with Gasteiger partial charge in [-0.2, -0.15) is 0 Å². The Hall–Kier alpha value is -1.01. The molecule has 14 heteroatoms. The Kier molecular flexibility index (Phi) is 14.7. The van der Waals surface area contributed by atoms with Gasteiger partial charge in [-0.05, 0) is 80.7 Å². The van der Waals surface area contributed by atoms with Crippen LogP contribution < -0.4 is 5.73 Å². The molecule has 3 aliphatic heterocycles. The molecule has 3 aliphatic rings. The van der Waals surface area contributed by atoms with Gasteiger partial charge in [0.25, 0.3) is 0 Å². The highest BCUT2D eigenvalue weighted by atomic mass is 16.7. The topological polar surface area (TPSA) is 203 Å². The number of cyclic esters (lactones) is 1. The van der Waals surface area contributed by atoms with Crippen molar-refractivity contribution in [3.63, 3.8) is 0 Å². The van der Waals surface area contributed by atoms with Gasteiger partial charge in [-0.1, -0.05) is 20.8 Å². The third-order valence-electron chi connectivity index (χ3n) is 11.6. The Morgan fingerprint density at radius 1 is 0.960 bits per heavy atom. The van der Waals surface area contributed by atoms with E-state index in [1.165, 1.54) is 14.0 Å². The number of carbonyl (C=O) groups is 1. The lowest BCUT2D eigenvalue weighted by Crippen LogP contribution is -2.60. The zero-order valence-corrected chi connectivity index (χ0v) is 32.3. The minimum absolute atomic E-state index is 0.123. The summed E-state index contributed by atoms with van der Waals surface area (Å²) in [5.74, 6) is -2.64. The summed E-state index contributed by atoms with van der Waals surface area (Å²) in [6, 6.07) is -1.17. The standard InChI is InChI=1S/C36H68N2O12/c1-13-25-36(10,44)29(40)22(6)38(11)17-18(2)15-34(8,43)31(50-33-27(39)24(37)14-19(3)46-33)20(4)28(21(5)32(42)48-25)49-26-16-35(9,45-12)30(41)23(7)47-26/h18-31,33,39-41,43-44H,13-17,37H2,1-12H3/t18-,19-,20+,21-,22-,23+,24+,25-,26-,27+,28+,29-,30-,31-,33+,34-,35+,36-/m1/s1. The molecule has 3 rings (SSSR count). The van der Waals surface area contributed by atoms with E-state index in [0.717, 1.165) is 0 Å². The van der Waals surface area contributed by atoms with E-state index >= 15 is 0 Å². The number of hydrogen-bond donors (Lipinski definition) is 6. The highest BCUT2D eigenvalue weighted by Gasteiger charge is 2.52. The first kappa shape index (κ1) is 43.4. The Morgan fingerprint density at radius 3 is 2.16 bits per heavy atom. The van der Waals surface area contributed by atoms with Crippen molar-refractivity contribution >= 4 is 5.97 Å². The van der Waals surface area contributed by atoms with Crippen molar-refractivity contribution in [1.29, 1.82) is 0 Å². The number of esters is 1. The molecular weight excluding hydrogens is 652 g/mol. The lowest BCUT2D eigenvalue weighted by molar-refractivity contribution is -0.315. The number of likely N-dealkylation sites (N-methyl/N-ethyl adjacent to an activating group) is 1. The van der Waals surface area contributed by atoms with Crippen molar-refractivity contribution in [2.24, 2.45) is 23.5 Å². The second-order valence-electron chi connectivity index (χ2n) is 16.3. The van der Waals surface area contributed by atoms with Gasteiger partial charge in [-0.15, -0.1) is 0 Å². The van der Waals surface area contributed by atoms with Crippen molar-refractivity contribution in [2.75, 3.05) is 20.7 Å². The zero-order valence-electron chi connectivity index (χ0n) is 32.3. The summed E-state index contributed by atoms with van der Waals surface area (Å²) in [4.78, 5) is 16.0.